The number of hydrogen-bond donors (Lipinski definition) is 1. The first-order valence-corrected chi connectivity index (χ1v) is 12.5. The number of ether oxygens (including phenoxy) is 3. The topological polar surface area (TPSA) is 70.8 Å². The van der Waals surface area contributed by atoms with Gasteiger partial charge in [0.05, 0.1) is 19.8 Å². The number of nitrogens with two attached hydrogens (primary N) is 1. The van der Waals surface area contributed by atoms with Gasteiger partial charge in [-0.3, -0.25) is 0 Å². The molecule has 0 saturated heterocycles. The van der Waals surface area contributed by atoms with Crippen LogP contribution in [0.2, 0.25) is 0 Å². The lowest BCUT2D eigenvalue weighted by atomic mass is 9.53. The maximum Gasteiger partial charge on any atom is 0.404 e. The second kappa shape index (κ2) is 12.1. The van der Waals surface area contributed by atoms with Crippen LogP contribution in [0.15, 0.2) is 42.5 Å². The fraction of sp³-hybridized carbons (Fsp3) is 0.552. The van der Waals surface area contributed by atoms with Gasteiger partial charge in [-0.25, -0.2) is 4.79 Å². The molecule has 2 atom stereocenters. The first-order valence-electron chi connectivity index (χ1n) is 12.5. The Kier molecular flexibility index (Phi) is 9.84. The quantitative estimate of drug-likeness (QED) is 0.339. The number of benzene rings is 2. The second-order valence-corrected chi connectivity index (χ2v) is 9.80. The van der Waals surface area contributed by atoms with Crippen LogP contribution in [0.3, 0.4) is 0 Å². The van der Waals surface area contributed by atoms with E-state index < -0.39 is 6.09 Å². The predicted molar refractivity (Wildman–Crippen MR) is 139 cm³/mol. The largest absolute Gasteiger partial charge is 0.493 e. The number of amides is 1. The van der Waals surface area contributed by atoms with Crippen molar-refractivity contribution in [2.24, 2.45) is 11.1 Å². The molecule has 188 valence electrons. The van der Waals surface area contributed by atoms with Gasteiger partial charge in [-0.1, -0.05) is 65.0 Å². The minimum Gasteiger partial charge on any atom is -0.493 e. The van der Waals surface area contributed by atoms with E-state index in [0.717, 1.165) is 29.9 Å². The van der Waals surface area contributed by atoms with E-state index in [-0.39, 0.29) is 16.7 Å². The summed E-state index contributed by atoms with van der Waals surface area (Å²) in [6.07, 6.45) is 1.65. The Bertz CT molecular complexity index is 892. The summed E-state index contributed by atoms with van der Waals surface area (Å²) in [7, 11) is 0. The van der Waals surface area contributed by atoms with E-state index in [0.29, 0.717) is 26.2 Å². The molecule has 2 unspecified atom stereocenters. The Morgan fingerprint density at radius 2 is 1.53 bits per heavy atom. The third kappa shape index (κ3) is 6.05. The SMILES string of the molecule is CCOc1cc(C(C)C(CCCOC(N)=O)(c2ccccc2)C(C)(C)C)cc(OCC)c1CC. The summed E-state index contributed by atoms with van der Waals surface area (Å²) in [6.45, 7) is 16.8. The molecule has 5 heteroatoms. The smallest absolute Gasteiger partial charge is 0.404 e. The Balaban J connectivity index is 2.69. The molecule has 1 amide bonds. The summed E-state index contributed by atoms with van der Waals surface area (Å²) < 4.78 is 17.3. The lowest BCUT2D eigenvalue weighted by Crippen LogP contribution is -2.45. The van der Waals surface area contributed by atoms with Gasteiger partial charge in [-0.15, -0.1) is 0 Å². The van der Waals surface area contributed by atoms with Gasteiger partial charge in [-0.05, 0) is 67.7 Å². The van der Waals surface area contributed by atoms with E-state index in [2.05, 4.69) is 71.0 Å². The van der Waals surface area contributed by atoms with E-state index in [9.17, 15) is 4.79 Å². The maximum absolute atomic E-state index is 11.2. The summed E-state index contributed by atoms with van der Waals surface area (Å²) in [5.41, 5.74) is 8.44. The van der Waals surface area contributed by atoms with Crippen molar-refractivity contribution in [1.82, 2.24) is 0 Å². The van der Waals surface area contributed by atoms with Gasteiger partial charge in [0.25, 0.3) is 0 Å². The van der Waals surface area contributed by atoms with E-state index in [1.165, 1.54) is 11.1 Å². The minimum atomic E-state index is -0.730. The fourth-order valence-corrected chi connectivity index (χ4v) is 5.42. The molecular weight excluding hydrogens is 426 g/mol. The molecule has 5 nitrogen and oxygen atoms in total. The molecule has 0 saturated carbocycles. The van der Waals surface area contributed by atoms with Crippen molar-refractivity contribution < 1.29 is 19.0 Å². The molecule has 2 aromatic carbocycles. The molecule has 0 bridgehead atoms. The average molecular weight is 470 g/mol. The van der Waals surface area contributed by atoms with Crippen LogP contribution < -0.4 is 15.2 Å². The van der Waals surface area contributed by atoms with E-state index in [1.807, 2.05) is 19.9 Å². The highest BCUT2D eigenvalue weighted by Gasteiger charge is 2.47. The summed E-state index contributed by atoms with van der Waals surface area (Å²) in [4.78, 5) is 11.2. The minimum absolute atomic E-state index is 0.0958. The third-order valence-corrected chi connectivity index (χ3v) is 6.97. The molecule has 0 aliphatic rings. The van der Waals surface area contributed by atoms with E-state index >= 15 is 0 Å². The molecule has 0 radical (unpaired) electrons. The van der Waals surface area contributed by atoms with Gasteiger partial charge in [0.2, 0.25) is 0 Å². The summed E-state index contributed by atoms with van der Waals surface area (Å²) in [6, 6.07) is 15.1. The molecule has 2 rings (SSSR count). The Morgan fingerprint density at radius 3 is 1.97 bits per heavy atom. The molecule has 0 heterocycles. The van der Waals surface area contributed by atoms with Crippen molar-refractivity contribution in [3.8, 4) is 11.5 Å². The summed E-state index contributed by atoms with van der Waals surface area (Å²) >= 11 is 0. The van der Waals surface area contributed by atoms with Crippen molar-refractivity contribution in [3.05, 3.63) is 59.2 Å². The molecule has 0 aromatic heterocycles. The van der Waals surface area contributed by atoms with Gasteiger partial charge in [0.1, 0.15) is 11.5 Å². The van der Waals surface area contributed by atoms with Crippen molar-refractivity contribution >= 4 is 6.09 Å². The lowest BCUT2D eigenvalue weighted by molar-refractivity contribution is 0.113. The average Bonchev–Trinajstić information content (AvgIpc) is 2.78. The third-order valence-electron chi connectivity index (χ3n) is 6.97. The predicted octanol–water partition coefficient (Wildman–Crippen LogP) is 7.01. The van der Waals surface area contributed by atoms with Crippen molar-refractivity contribution in [1.29, 1.82) is 0 Å². The van der Waals surface area contributed by atoms with Crippen molar-refractivity contribution in [3.63, 3.8) is 0 Å². The van der Waals surface area contributed by atoms with Crippen LogP contribution in [0.4, 0.5) is 4.79 Å². The Hall–Kier alpha value is -2.69. The lowest BCUT2D eigenvalue weighted by Gasteiger charge is -2.50. The molecule has 0 fully saturated rings. The number of rotatable bonds is 12. The molecule has 0 aliphatic heterocycles. The molecule has 34 heavy (non-hydrogen) atoms. The standard InChI is InChI=1S/C29H43NO4/c1-8-24-25(32-9-2)19-22(20-26(24)33-10-3)21(4)29(28(5,6)7,17-14-18-34-27(30)31)23-15-12-11-13-16-23/h11-13,15-16,19-21H,8-10,14,17-18H2,1-7H3,(H2,30,31). The van der Waals surface area contributed by atoms with Gasteiger partial charge in [0, 0.05) is 11.0 Å². The molecule has 2 aromatic rings. The first kappa shape index (κ1) is 27.6. The van der Waals surface area contributed by atoms with Crippen molar-refractivity contribution in [2.75, 3.05) is 19.8 Å². The van der Waals surface area contributed by atoms with E-state index in [4.69, 9.17) is 19.9 Å². The second-order valence-electron chi connectivity index (χ2n) is 9.80. The normalized spacial score (nSPS) is 14.2. The highest BCUT2D eigenvalue weighted by Crippen LogP contribution is 2.55. The van der Waals surface area contributed by atoms with Gasteiger partial charge in [-0.2, -0.15) is 0 Å². The van der Waals surface area contributed by atoms with Crippen LogP contribution in [0.25, 0.3) is 0 Å². The maximum atomic E-state index is 11.2. The van der Waals surface area contributed by atoms with Crippen LogP contribution in [0.5, 0.6) is 11.5 Å². The van der Waals surface area contributed by atoms with Gasteiger partial charge in [0.15, 0.2) is 0 Å². The number of carbonyl (C=O) groups excluding carboxylic acids is 1. The van der Waals surface area contributed by atoms with Gasteiger partial charge >= 0.3 is 6.09 Å². The van der Waals surface area contributed by atoms with Crippen LogP contribution in [0, 0.1) is 5.41 Å². The number of hydrogen-bond acceptors (Lipinski definition) is 4. The number of carbonyl (C=O) groups is 1. The fourth-order valence-electron chi connectivity index (χ4n) is 5.42. The molecular formula is C29H43NO4. The van der Waals surface area contributed by atoms with Gasteiger partial charge < -0.3 is 19.9 Å². The highest BCUT2D eigenvalue weighted by atomic mass is 16.5. The first-order chi connectivity index (χ1) is 16.1. The zero-order valence-electron chi connectivity index (χ0n) is 22.1. The highest BCUT2D eigenvalue weighted by molar-refractivity contribution is 5.64. The molecule has 2 N–H and O–H groups in total. The van der Waals surface area contributed by atoms with Crippen molar-refractivity contribution in [2.45, 2.75) is 79.1 Å². The van der Waals surface area contributed by atoms with E-state index in [1.54, 1.807) is 0 Å². The zero-order valence-corrected chi connectivity index (χ0v) is 22.1. The monoisotopic (exact) mass is 469 g/mol. The zero-order chi connectivity index (χ0) is 25.4. The van der Waals surface area contributed by atoms with Crippen LogP contribution in [-0.4, -0.2) is 25.9 Å². The summed E-state index contributed by atoms with van der Waals surface area (Å²) in [5.74, 6) is 1.92. The summed E-state index contributed by atoms with van der Waals surface area (Å²) in [5, 5.41) is 0. The van der Waals surface area contributed by atoms with Crippen LogP contribution >= 0.6 is 0 Å². The Labute approximate surface area is 206 Å². The molecule has 0 aliphatic carbocycles. The van der Waals surface area contributed by atoms with Crippen LogP contribution in [-0.2, 0) is 16.6 Å². The number of primary amides is 1. The molecule has 0 spiro atoms. The van der Waals surface area contributed by atoms with Crippen LogP contribution in [0.1, 0.15) is 83.9 Å². The Morgan fingerprint density at radius 1 is 0.971 bits per heavy atom.